The number of nitrogen functional groups attached to an aromatic ring is 1. The first-order chi connectivity index (χ1) is 20.9. The molecule has 1 amide bonds. The molecule has 0 aliphatic heterocycles. The third kappa shape index (κ3) is 8.40. The minimum absolute atomic E-state index is 0.00561. The van der Waals surface area contributed by atoms with Crippen LogP contribution in [-0.2, 0) is 23.7 Å². The van der Waals surface area contributed by atoms with Crippen LogP contribution < -0.4 is 11.1 Å². The van der Waals surface area contributed by atoms with Crippen LogP contribution in [0.2, 0.25) is 5.02 Å². The number of pyridine rings is 1. The highest BCUT2D eigenvalue weighted by atomic mass is 35.5. The predicted octanol–water partition coefficient (Wildman–Crippen LogP) is 5.71. The lowest BCUT2D eigenvalue weighted by molar-refractivity contribution is -0.141. The fraction of sp³-hybridized carbons (Fsp3) is 0.276. The van der Waals surface area contributed by atoms with Crippen molar-refractivity contribution >= 4 is 45.1 Å². The quantitative estimate of drug-likeness (QED) is 0.107. The Hall–Kier alpha value is -4.42. The maximum absolute atomic E-state index is 14.1. The third-order valence-corrected chi connectivity index (χ3v) is 7.82. The summed E-state index contributed by atoms with van der Waals surface area (Å²) in [6.07, 6.45) is -6.57. The van der Waals surface area contributed by atoms with Gasteiger partial charge in [0.1, 0.15) is 34.6 Å². The first-order valence-corrected chi connectivity index (χ1v) is 14.8. The average molecular weight is 670 g/mol. The molecule has 0 radical (unpaired) electrons. The zero-order valence-electron chi connectivity index (χ0n) is 23.5. The Kier molecular flexibility index (Phi) is 9.59. The molecular weight excluding hydrogens is 645 g/mol. The number of carbonyl (C=O) groups is 1. The van der Waals surface area contributed by atoms with Crippen molar-refractivity contribution in [1.82, 2.24) is 20.1 Å². The molecule has 0 aliphatic rings. The van der Waals surface area contributed by atoms with E-state index in [1.807, 2.05) is 0 Å². The van der Waals surface area contributed by atoms with E-state index >= 15 is 0 Å². The van der Waals surface area contributed by atoms with Crippen LogP contribution in [0.25, 0.3) is 22.0 Å². The van der Waals surface area contributed by atoms with Gasteiger partial charge in [0.05, 0.1) is 33.4 Å². The smallest absolute Gasteiger partial charge is 0.408 e. The summed E-state index contributed by atoms with van der Waals surface area (Å²) in [5.74, 6) is 3.18. The number of nitrogens with zero attached hydrogens (tertiary/aromatic N) is 3. The van der Waals surface area contributed by atoms with Crippen LogP contribution in [0.5, 0.6) is 0 Å². The number of aromatic nitrogens is 3. The highest BCUT2D eigenvalue weighted by Crippen LogP contribution is 2.40. The second-order valence-corrected chi connectivity index (χ2v) is 12.1. The Morgan fingerprint density at radius 2 is 1.76 bits per heavy atom. The summed E-state index contributed by atoms with van der Waals surface area (Å²) in [6.45, 7) is 1.64. The van der Waals surface area contributed by atoms with Gasteiger partial charge in [-0.05, 0) is 62.1 Å². The number of benzene rings is 2. The molecule has 2 aromatic heterocycles. The monoisotopic (exact) mass is 669 g/mol. The van der Waals surface area contributed by atoms with Gasteiger partial charge in [-0.1, -0.05) is 23.6 Å². The molecule has 0 fully saturated rings. The summed E-state index contributed by atoms with van der Waals surface area (Å²) in [6, 6.07) is 6.92. The van der Waals surface area contributed by atoms with Gasteiger partial charge in [-0.2, -0.15) is 18.3 Å². The van der Waals surface area contributed by atoms with E-state index in [4.69, 9.17) is 17.3 Å². The molecule has 9 nitrogen and oxygen atoms in total. The number of nitrogens with one attached hydrogen (secondary N) is 1. The Morgan fingerprint density at radius 3 is 2.36 bits per heavy atom. The van der Waals surface area contributed by atoms with Gasteiger partial charge in [-0.3, -0.25) is 4.68 Å². The summed E-state index contributed by atoms with van der Waals surface area (Å²) in [5, 5.41) is 15.8. The average Bonchev–Trinajstić information content (AvgIpc) is 3.20. The molecule has 0 unspecified atom stereocenters. The van der Waals surface area contributed by atoms with Gasteiger partial charge >= 0.3 is 12.3 Å². The van der Waals surface area contributed by atoms with Crippen LogP contribution in [0.4, 0.5) is 32.6 Å². The maximum Gasteiger partial charge on any atom is 0.408 e. The number of nitrogens with two attached hydrogens (primary N) is 1. The van der Waals surface area contributed by atoms with Crippen molar-refractivity contribution in [3.05, 3.63) is 76.1 Å². The van der Waals surface area contributed by atoms with Crippen molar-refractivity contribution in [3.63, 3.8) is 0 Å². The highest BCUT2D eigenvalue weighted by molar-refractivity contribution is 7.72. The number of hydrogen-bond donors (Lipinski definition) is 4. The number of halogens is 6. The van der Waals surface area contributed by atoms with Crippen LogP contribution in [-0.4, -0.2) is 46.3 Å². The highest BCUT2D eigenvalue weighted by Gasteiger charge is 2.32. The van der Waals surface area contributed by atoms with Crippen molar-refractivity contribution in [1.29, 1.82) is 0 Å². The van der Waals surface area contributed by atoms with E-state index in [1.165, 1.54) is 24.3 Å². The molecule has 0 saturated carbocycles. The van der Waals surface area contributed by atoms with Gasteiger partial charge in [-0.25, -0.2) is 27.0 Å². The Labute approximate surface area is 260 Å². The molecule has 4 N–H and O–H groups in total. The Bertz CT molecular complexity index is 1900. The SMILES string of the molecule is CC(C)(C#Cc1ccc(-c2ccc(Cl)c3c(N)nn(CC(F)(F)F)c23)c([C@H](Cc2cc(F)cc(F)c2)NC(=O)O)n1)C[SH](=O)=O. The maximum atomic E-state index is 14.1. The Balaban J connectivity index is 2.01. The first-order valence-electron chi connectivity index (χ1n) is 13.0. The molecule has 0 aliphatic carbocycles. The summed E-state index contributed by atoms with van der Waals surface area (Å²) in [7, 11) is -2.76. The molecule has 4 aromatic rings. The molecule has 238 valence electrons. The molecule has 2 heterocycles. The lowest BCUT2D eigenvalue weighted by atomic mass is 9.93. The van der Waals surface area contributed by atoms with E-state index < -0.39 is 52.6 Å². The number of carboxylic acid groups (broad SMARTS) is 1. The molecular formula is C29H25ClF5N5O4S. The number of rotatable bonds is 8. The predicted molar refractivity (Wildman–Crippen MR) is 158 cm³/mol. The topological polar surface area (TPSA) is 140 Å². The second-order valence-electron chi connectivity index (χ2n) is 10.7. The van der Waals surface area contributed by atoms with Crippen molar-refractivity contribution in [2.75, 3.05) is 11.5 Å². The Morgan fingerprint density at radius 1 is 1.11 bits per heavy atom. The van der Waals surface area contributed by atoms with Crippen molar-refractivity contribution in [2.45, 2.75) is 39.0 Å². The number of thiol groups is 1. The van der Waals surface area contributed by atoms with Crippen LogP contribution >= 0.6 is 11.6 Å². The minimum atomic E-state index is -4.71. The van der Waals surface area contributed by atoms with Gasteiger partial charge in [0.25, 0.3) is 0 Å². The van der Waals surface area contributed by atoms with Gasteiger partial charge in [0.15, 0.2) is 5.82 Å². The molecule has 0 spiro atoms. The lowest BCUT2D eigenvalue weighted by Gasteiger charge is -2.21. The summed E-state index contributed by atoms with van der Waals surface area (Å²) in [5.41, 5.74) is 5.09. The van der Waals surface area contributed by atoms with E-state index in [9.17, 15) is 40.3 Å². The first kappa shape index (κ1) is 33.5. The van der Waals surface area contributed by atoms with Gasteiger partial charge in [0, 0.05) is 22.6 Å². The minimum Gasteiger partial charge on any atom is -0.465 e. The zero-order chi connectivity index (χ0) is 33.3. The van der Waals surface area contributed by atoms with Crippen LogP contribution in [0, 0.1) is 28.9 Å². The molecule has 0 saturated heterocycles. The molecule has 1 atom stereocenters. The summed E-state index contributed by atoms with van der Waals surface area (Å²) >= 11 is 6.31. The van der Waals surface area contributed by atoms with E-state index in [0.29, 0.717) is 10.7 Å². The number of amides is 1. The number of fused-ring (bicyclic) bond motifs is 1. The number of alkyl halides is 3. The van der Waals surface area contributed by atoms with Crippen molar-refractivity contribution in [2.24, 2.45) is 5.41 Å². The van der Waals surface area contributed by atoms with E-state index in [0.717, 1.165) is 12.1 Å². The molecule has 2 aromatic carbocycles. The van der Waals surface area contributed by atoms with Crippen LogP contribution in [0.1, 0.15) is 36.8 Å². The summed E-state index contributed by atoms with van der Waals surface area (Å²) < 4.78 is 92.0. The second kappa shape index (κ2) is 12.9. The number of anilines is 1. The fourth-order valence-electron chi connectivity index (χ4n) is 4.77. The molecule has 16 heteroatoms. The molecule has 45 heavy (non-hydrogen) atoms. The molecule has 0 bridgehead atoms. The normalized spacial score (nSPS) is 12.6. The zero-order valence-corrected chi connectivity index (χ0v) is 25.2. The van der Waals surface area contributed by atoms with Crippen molar-refractivity contribution in [3.8, 4) is 23.0 Å². The largest absolute Gasteiger partial charge is 0.465 e. The van der Waals surface area contributed by atoms with Crippen LogP contribution in [0.15, 0.2) is 42.5 Å². The van der Waals surface area contributed by atoms with Crippen molar-refractivity contribution < 1.29 is 40.3 Å². The van der Waals surface area contributed by atoms with Gasteiger partial charge in [0.2, 0.25) is 0 Å². The number of hydrogen-bond acceptors (Lipinski definition) is 6. The fourth-order valence-corrected chi connectivity index (χ4v) is 5.75. The van der Waals surface area contributed by atoms with Gasteiger partial charge in [-0.15, -0.1) is 0 Å². The third-order valence-electron chi connectivity index (χ3n) is 6.46. The van der Waals surface area contributed by atoms with Gasteiger partial charge < -0.3 is 16.2 Å². The van der Waals surface area contributed by atoms with Crippen LogP contribution in [0.3, 0.4) is 0 Å². The lowest BCUT2D eigenvalue weighted by Crippen LogP contribution is -2.30. The molecule has 4 rings (SSSR count). The van der Waals surface area contributed by atoms with E-state index in [1.54, 1.807) is 13.8 Å². The standard InChI is InChI=1S/C29H25ClF5N5O4S/c1-28(2,14-45(43)44)8-7-18-3-4-19(20-5-6-21(30)23-25(20)40(39-26(23)36)13-29(33,34)35)24(37-18)22(38-27(41)42)11-15-9-16(31)12-17(32)10-15/h3-6,9-10,12,22,38,45H,11,13-14H2,1-2H3,(H2,36,39)(H,41,42)/t22-/m0/s1. The summed E-state index contributed by atoms with van der Waals surface area (Å²) in [4.78, 5) is 16.4. The van der Waals surface area contributed by atoms with E-state index in [-0.39, 0.29) is 62.0 Å². The van der Waals surface area contributed by atoms with E-state index in [2.05, 4.69) is 27.2 Å².